The predicted molar refractivity (Wildman–Crippen MR) is 55.5 cm³/mol. The van der Waals surface area contributed by atoms with E-state index < -0.39 is 0 Å². The molecule has 3 rings (SSSR count). The van der Waals surface area contributed by atoms with Crippen molar-refractivity contribution in [3.05, 3.63) is 0 Å². The van der Waals surface area contributed by atoms with Crippen molar-refractivity contribution >= 4 is 5.91 Å². The van der Waals surface area contributed by atoms with Crippen LogP contribution in [-0.2, 0) is 9.53 Å². The van der Waals surface area contributed by atoms with E-state index in [9.17, 15) is 4.79 Å². The summed E-state index contributed by atoms with van der Waals surface area (Å²) in [6.07, 6.45) is 4.57. The molecule has 0 aromatic rings. The smallest absolute Gasteiger partial charge is 0.239 e. The highest BCUT2D eigenvalue weighted by Crippen LogP contribution is 2.26. The number of likely N-dealkylation sites (tertiary alicyclic amines) is 1. The minimum absolute atomic E-state index is 0.0263. The van der Waals surface area contributed by atoms with Crippen LogP contribution in [0.3, 0.4) is 0 Å². The molecule has 0 saturated carbocycles. The lowest BCUT2D eigenvalue weighted by molar-refractivity contribution is -0.132. The predicted octanol–water partition coefficient (Wildman–Crippen LogP) is 0.128. The van der Waals surface area contributed by atoms with Gasteiger partial charge in [0.15, 0.2) is 0 Å². The lowest BCUT2D eigenvalue weighted by Crippen LogP contribution is -2.44. The molecule has 0 spiro atoms. The second-order valence-corrected chi connectivity index (χ2v) is 4.79. The quantitative estimate of drug-likeness (QED) is 0.669. The van der Waals surface area contributed by atoms with E-state index in [2.05, 4.69) is 5.32 Å². The summed E-state index contributed by atoms with van der Waals surface area (Å²) in [5.74, 6) is 0.297. The highest BCUT2D eigenvalue weighted by atomic mass is 16.5. The van der Waals surface area contributed by atoms with E-state index in [0.717, 1.165) is 32.5 Å². The van der Waals surface area contributed by atoms with Crippen LogP contribution in [0.15, 0.2) is 0 Å². The SMILES string of the molecule is O=C([C@@H]1C[C@@H]2OCC[C@@H]2N1)N1CCCC1. The molecule has 1 N–H and O–H groups in total. The van der Waals surface area contributed by atoms with E-state index in [1.54, 1.807) is 0 Å². The average molecular weight is 210 g/mol. The van der Waals surface area contributed by atoms with Gasteiger partial charge in [0.25, 0.3) is 0 Å². The number of hydrogen-bond donors (Lipinski definition) is 1. The molecule has 3 heterocycles. The number of carbonyl (C=O) groups is 1. The number of nitrogens with zero attached hydrogens (tertiary/aromatic N) is 1. The first-order valence-electron chi connectivity index (χ1n) is 6.01. The Hall–Kier alpha value is -0.610. The molecule has 4 heteroatoms. The van der Waals surface area contributed by atoms with E-state index in [4.69, 9.17) is 4.74 Å². The molecule has 0 radical (unpaired) electrons. The highest BCUT2D eigenvalue weighted by Gasteiger charge is 2.42. The van der Waals surface area contributed by atoms with Crippen molar-refractivity contribution in [2.75, 3.05) is 19.7 Å². The number of fused-ring (bicyclic) bond motifs is 1. The van der Waals surface area contributed by atoms with E-state index in [1.165, 1.54) is 12.8 Å². The molecule has 0 aromatic heterocycles. The molecule has 0 aliphatic carbocycles. The molecule has 3 aliphatic rings. The molecule has 3 fully saturated rings. The summed E-state index contributed by atoms with van der Waals surface area (Å²) in [4.78, 5) is 14.1. The Morgan fingerprint density at radius 2 is 2.13 bits per heavy atom. The molecular weight excluding hydrogens is 192 g/mol. The van der Waals surface area contributed by atoms with Gasteiger partial charge in [-0.15, -0.1) is 0 Å². The number of carbonyl (C=O) groups excluding carboxylic acids is 1. The first-order valence-corrected chi connectivity index (χ1v) is 6.01. The van der Waals surface area contributed by atoms with Gasteiger partial charge in [0.05, 0.1) is 12.1 Å². The topological polar surface area (TPSA) is 41.6 Å². The zero-order valence-electron chi connectivity index (χ0n) is 8.95. The lowest BCUT2D eigenvalue weighted by atomic mass is 10.1. The Balaban J connectivity index is 1.61. The minimum atomic E-state index is 0.0263. The fourth-order valence-electron chi connectivity index (χ4n) is 2.96. The Morgan fingerprint density at radius 3 is 2.87 bits per heavy atom. The fraction of sp³-hybridized carbons (Fsp3) is 0.909. The zero-order chi connectivity index (χ0) is 10.3. The molecule has 3 atom stereocenters. The first kappa shape index (κ1) is 9.60. The molecule has 3 saturated heterocycles. The van der Waals surface area contributed by atoms with E-state index >= 15 is 0 Å². The number of ether oxygens (including phenoxy) is 1. The van der Waals surface area contributed by atoms with Crippen molar-refractivity contribution in [1.29, 1.82) is 0 Å². The van der Waals surface area contributed by atoms with Gasteiger partial charge in [-0.2, -0.15) is 0 Å². The van der Waals surface area contributed by atoms with Crippen LogP contribution in [0.1, 0.15) is 25.7 Å². The Labute approximate surface area is 90.0 Å². The van der Waals surface area contributed by atoms with E-state index in [0.29, 0.717) is 18.1 Å². The average Bonchev–Trinajstić information content (AvgIpc) is 2.92. The van der Waals surface area contributed by atoms with Crippen LogP contribution in [0, 0.1) is 0 Å². The summed E-state index contributed by atoms with van der Waals surface area (Å²) in [5.41, 5.74) is 0. The van der Waals surface area contributed by atoms with Gasteiger partial charge >= 0.3 is 0 Å². The Morgan fingerprint density at radius 1 is 1.33 bits per heavy atom. The van der Waals surface area contributed by atoms with Crippen LogP contribution < -0.4 is 5.32 Å². The molecule has 15 heavy (non-hydrogen) atoms. The van der Waals surface area contributed by atoms with E-state index in [1.807, 2.05) is 4.90 Å². The third-order valence-electron chi connectivity index (χ3n) is 3.81. The van der Waals surface area contributed by atoms with Crippen molar-refractivity contribution < 1.29 is 9.53 Å². The summed E-state index contributed by atoms with van der Waals surface area (Å²) in [6.45, 7) is 2.76. The van der Waals surface area contributed by atoms with Crippen molar-refractivity contribution in [2.45, 2.75) is 43.9 Å². The third-order valence-corrected chi connectivity index (χ3v) is 3.81. The van der Waals surface area contributed by atoms with Gasteiger partial charge in [-0.25, -0.2) is 0 Å². The van der Waals surface area contributed by atoms with Crippen LogP contribution in [0.2, 0.25) is 0 Å². The van der Waals surface area contributed by atoms with Gasteiger partial charge in [-0.3, -0.25) is 4.79 Å². The molecule has 84 valence electrons. The number of rotatable bonds is 1. The summed E-state index contributed by atoms with van der Waals surface area (Å²) >= 11 is 0. The van der Waals surface area contributed by atoms with Crippen molar-refractivity contribution in [1.82, 2.24) is 10.2 Å². The molecule has 0 unspecified atom stereocenters. The molecule has 0 bridgehead atoms. The van der Waals surface area contributed by atoms with E-state index in [-0.39, 0.29) is 6.04 Å². The largest absolute Gasteiger partial charge is 0.376 e. The third kappa shape index (κ3) is 1.66. The van der Waals surface area contributed by atoms with Crippen LogP contribution >= 0.6 is 0 Å². The molecule has 0 aromatic carbocycles. The highest BCUT2D eigenvalue weighted by molar-refractivity contribution is 5.82. The maximum Gasteiger partial charge on any atom is 0.239 e. The Kier molecular flexibility index (Phi) is 2.41. The second-order valence-electron chi connectivity index (χ2n) is 4.79. The molecule has 3 aliphatic heterocycles. The number of hydrogen-bond acceptors (Lipinski definition) is 3. The molecule has 1 amide bonds. The minimum Gasteiger partial charge on any atom is -0.376 e. The van der Waals surface area contributed by atoms with Gasteiger partial charge in [0, 0.05) is 25.7 Å². The second kappa shape index (κ2) is 3.76. The number of amides is 1. The van der Waals surface area contributed by atoms with Crippen molar-refractivity contribution in [2.24, 2.45) is 0 Å². The summed E-state index contributed by atoms with van der Waals surface area (Å²) in [7, 11) is 0. The molecule has 4 nitrogen and oxygen atoms in total. The van der Waals surface area contributed by atoms with Gasteiger partial charge in [0.1, 0.15) is 0 Å². The van der Waals surface area contributed by atoms with Gasteiger partial charge in [0.2, 0.25) is 5.91 Å². The maximum absolute atomic E-state index is 12.1. The lowest BCUT2D eigenvalue weighted by Gasteiger charge is -2.20. The van der Waals surface area contributed by atoms with Crippen LogP contribution in [0.4, 0.5) is 0 Å². The van der Waals surface area contributed by atoms with Gasteiger partial charge < -0.3 is 15.0 Å². The van der Waals surface area contributed by atoms with Gasteiger partial charge in [-0.1, -0.05) is 0 Å². The molecular formula is C11H18N2O2. The summed E-state index contributed by atoms with van der Waals surface area (Å²) < 4.78 is 5.59. The zero-order valence-corrected chi connectivity index (χ0v) is 8.95. The van der Waals surface area contributed by atoms with Crippen LogP contribution in [0.5, 0.6) is 0 Å². The van der Waals surface area contributed by atoms with Crippen molar-refractivity contribution in [3.63, 3.8) is 0 Å². The normalized spacial score (nSPS) is 39.7. The monoisotopic (exact) mass is 210 g/mol. The first-order chi connectivity index (χ1) is 7.34. The van der Waals surface area contributed by atoms with Crippen LogP contribution in [-0.4, -0.2) is 48.7 Å². The fourth-order valence-corrected chi connectivity index (χ4v) is 2.96. The van der Waals surface area contributed by atoms with Gasteiger partial charge in [-0.05, 0) is 25.7 Å². The maximum atomic E-state index is 12.1. The Bertz CT molecular complexity index is 251. The summed E-state index contributed by atoms with van der Waals surface area (Å²) in [6, 6.07) is 0.458. The number of nitrogens with one attached hydrogen (secondary N) is 1. The summed E-state index contributed by atoms with van der Waals surface area (Å²) in [5, 5.41) is 3.41. The van der Waals surface area contributed by atoms with Crippen molar-refractivity contribution in [3.8, 4) is 0 Å². The van der Waals surface area contributed by atoms with Crippen LogP contribution in [0.25, 0.3) is 0 Å². The standard InChI is InChI=1S/C11H18N2O2/c14-11(13-4-1-2-5-13)9-7-10-8(12-9)3-6-15-10/h8-10,12H,1-7H2/t8-,9-,10-/m0/s1.